The standard InChI is InChI=1S/C34H36N2O4Si.C2HF3O2/c1-21-17-35(18-21)24-7-10-27-30(15-24)41(12-4-3-5-13-41)31-16-25(36-19-22(2)20-36)8-11-28(31)32(27)29-14-23(33(37)38)6-9-26(29)34(39)40;3-2(4,5)1(6)7/h6-11,14-16,21-22H,3-5,12-13,17-20H2,1-2H3,(H-,37,38,39,40);(H,6,7). The lowest BCUT2D eigenvalue weighted by atomic mass is 9.86. The molecule has 8 nitrogen and oxygen atoms in total. The van der Waals surface area contributed by atoms with Crippen LogP contribution in [0.25, 0.3) is 5.57 Å². The molecule has 2 aromatic carbocycles. The molecule has 5 aliphatic rings. The van der Waals surface area contributed by atoms with Gasteiger partial charge in [-0.15, -0.1) is 0 Å². The molecule has 0 bridgehead atoms. The third-order valence-corrected chi connectivity index (χ3v) is 15.4. The minimum Gasteiger partial charge on any atom is -0.542 e. The van der Waals surface area contributed by atoms with Crippen molar-refractivity contribution in [3.8, 4) is 0 Å². The van der Waals surface area contributed by atoms with Gasteiger partial charge in [-0.3, -0.25) is 0 Å². The highest BCUT2D eigenvalue weighted by molar-refractivity contribution is 7.00. The number of alkyl halides is 3. The number of carbonyl (C=O) groups is 3. The molecule has 3 fully saturated rings. The SMILES string of the molecule is CC1CN(c2ccc3c(c2)[Si]2(CCCCC2)C2=CC(=[N+]4CC(C)C4)C=CC2=C3c2cc(C(=O)O)ccc2C(=O)O)C1.O=C([O-])C(F)(F)F. The van der Waals surface area contributed by atoms with Crippen LogP contribution in [0.4, 0.5) is 18.9 Å². The summed E-state index contributed by atoms with van der Waals surface area (Å²) in [6.07, 6.45) is 5.32. The van der Waals surface area contributed by atoms with E-state index >= 15 is 0 Å². The van der Waals surface area contributed by atoms with E-state index in [0.717, 1.165) is 42.9 Å². The Morgan fingerprint density at radius 3 is 2.12 bits per heavy atom. The number of carboxylic acids is 3. The Hall–Kier alpha value is -4.45. The molecule has 1 aliphatic carbocycles. The second kappa shape index (κ2) is 12.5. The van der Waals surface area contributed by atoms with Crippen LogP contribution in [0.15, 0.2) is 65.4 Å². The van der Waals surface area contributed by atoms with Crippen molar-refractivity contribution in [1.29, 1.82) is 0 Å². The van der Waals surface area contributed by atoms with Crippen molar-refractivity contribution in [1.82, 2.24) is 0 Å². The van der Waals surface area contributed by atoms with Gasteiger partial charge in [0.05, 0.1) is 17.0 Å². The van der Waals surface area contributed by atoms with Gasteiger partial charge >= 0.3 is 18.1 Å². The predicted molar refractivity (Wildman–Crippen MR) is 176 cm³/mol. The van der Waals surface area contributed by atoms with Crippen LogP contribution in [-0.2, 0) is 4.79 Å². The highest BCUT2D eigenvalue weighted by Crippen LogP contribution is 2.48. The van der Waals surface area contributed by atoms with Crippen LogP contribution >= 0.6 is 0 Å². The van der Waals surface area contributed by atoms with E-state index in [1.54, 1.807) is 6.07 Å². The van der Waals surface area contributed by atoms with Crippen molar-refractivity contribution in [2.45, 2.75) is 51.4 Å². The van der Waals surface area contributed by atoms with E-state index in [0.29, 0.717) is 17.4 Å². The van der Waals surface area contributed by atoms with E-state index in [1.807, 2.05) is 0 Å². The zero-order valence-electron chi connectivity index (χ0n) is 26.8. The minimum atomic E-state index is -5.19. The van der Waals surface area contributed by atoms with Crippen molar-refractivity contribution in [2.24, 2.45) is 11.8 Å². The number of allylic oxidation sites excluding steroid dienone is 5. The minimum absolute atomic E-state index is 0.105. The molecule has 4 aliphatic heterocycles. The lowest BCUT2D eigenvalue weighted by Gasteiger charge is -2.46. The molecule has 4 heterocycles. The maximum atomic E-state index is 12.5. The highest BCUT2D eigenvalue weighted by atomic mass is 28.3. The number of hydrogen-bond donors (Lipinski definition) is 2. The average Bonchev–Trinajstić information content (AvgIpc) is 3.02. The molecule has 0 aromatic heterocycles. The number of carboxylic acid groups (broad SMARTS) is 3. The number of fused-ring (bicyclic) bond motifs is 4. The number of nitrogens with zero attached hydrogens (tertiary/aromatic N) is 2. The monoisotopic (exact) mass is 678 g/mol. The normalized spacial score (nSPS) is 21.3. The average molecular weight is 679 g/mol. The fraction of sp³-hybridized carbons (Fsp3) is 0.389. The summed E-state index contributed by atoms with van der Waals surface area (Å²) in [5, 5.41) is 31.7. The first-order valence-corrected chi connectivity index (χ1v) is 18.7. The fourth-order valence-electron chi connectivity index (χ4n) is 7.85. The van der Waals surface area contributed by atoms with E-state index in [4.69, 9.17) is 9.90 Å². The van der Waals surface area contributed by atoms with Crippen LogP contribution in [0.3, 0.4) is 0 Å². The molecule has 0 atom stereocenters. The molecule has 0 unspecified atom stereocenters. The fourth-order valence-corrected chi connectivity index (χ4v) is 13.5. The summed E-state index contributed by atoms with van der Waals surface area (Å²) >= 11 is 0. The molecular weight excluding hydrogens is 641 g/mol. The smallest absolute Gasteiger partial charge is 0.430 e. The Balaban J connectivity index is 0.000000519. The largest absolute Gasteiger partial charge is 0.542 e. The molecule has 3 saturated heterocycles. The maximum Gasteiger partial charge on any atom is 0.430 e. The Morgan fingerprint density at radius 1 is 0.896 bits per heavy atom. The first-order chi connectivity index (χ1) is 22.7. The Morgan fingerprint density at radius 2 is 1.56 bits per heavy atom. The molecule has 2 aromatic rings. The molecule has 12 heteroatoms. The number of anilines is 1. The topological polar surface area (TPSA) is 121 Å². The lowest BCUT2D eigenvalue weighted by Crippen LogP contribution is -2.56. The van der Waals surface area contributed by atoms with Crippen molar-refractivity contribution >= 4 is 48.1 Å². The molecule has 48 heavy (non-hydrogen) atoms. The van der Waals surface area contributed by atoms with E-state index in [2.05, 4.69) is 59.8 Å². The molecule has 7 rings (SSSR count). The zero-order chi connectivity index (χ0) is 34.5. The van der Waals surface area contributed by atoms with Crippen molar-refractivity contribution in [3.63, 3.8) is 0 Å². The Bertz CT molecular complexity index is 1820. The second-order valence-corrected chi connectivity index (χ2v) is 17.9. The van der Waals surface area contributed by atoms with Crippen molar-refractivity contribution < 1.29 is 47.4 Å². The summed E-state index contributed by atoms with van der Waals surface area (Å²) in [6, 6.07) is 13.7. The molecule has 2 N–H and O–H groups in total. The first kappa shape index (κ1) is 33.4. The number of aliphatic carboxylic acids is 1. The van der Waals surface area contributed by atoms with Crippen molar-refractivity contribution in [2.75, 3.05) is 31.1 Å². The quantitative estimate of drug-likeness (QED) is 0.358. The summed E-state index contributed by atoms with van der Waals surface area (Å²) in [5.74, 6) is -3.73. The van der Waals surface area contributed by atoms with Gasteiger partial charge in [0.1, 0.15) is 14.0 Å². The molecule has 0 saturated carbocycles. The van der Waals surface area contributed by atoms with Crippen LogP contribution in [0, 0.1) is 11.8 Å². The molecular formula is C36H37F3N2O6Si. The molecule has 1 spiro atoms. The summed E-state index contributed by atoms with van der Waals surface area (Å²) < 4.78 is 34.0. The van der Waals surface area contributed by atoms with Crippen LogP contribution in [0.5, 0.6) is 0 Å². The third kappa shape index (κ3) is 6.02. The number of halogens is 3. The maximum absolute atomic E-state index is 12.5. The number of aromatic carboxylic acids is 2. The van der Waals surface area contributed by atoms with E-state index in [9.17, 15) is 33.0 Å². The van der Waals surface area contributed by atoms with Crippen LogP contribution in [0.1, 0.15) is 65.0 Å². The first-order valence-electron chi connectivity index (χ1n) is 16.3. The van der Waals surface area contributed by atoms with E-state index in [-0.39, 0.29) is 11.1 Å². The number of rotatable bonds is 4. The van der Waals surface area contributed by atoms with Gasteiger partial charge in [0.15, 0.2) is 18.8 Å². The highest BCUT2D eigenvalue weighted by Gasteiger charge is 2.48. The lowest BCUT2D eigenvalue weighted by molar-refractivity contribution is -0.601. The second-order valence-electron chi connectivity index (χ2n) is 13.7. The van der Waals surface area contributed by atoms with Crippen LogP contribution in [0.2, 0.25) is 12.1 Å². The summed E-state index contributed by atoms with van der Waals surface area (Å²) in [5.41, 5.74) is 6.32. The van der Waals surface area contributed by atoms with Crippen LogP contribution < -0.4 is 15.2 Å². The van der Waals surface area contributed by atoms with Crippen LogP contribution in [-0.4, -0.2) is 78.8 Å². The Kier molecular flexibility index (Phi) is 8.73. The molecule has 0 radical (unpaired) electrons. The van der Waals surface area contributed by atoms with Gasteiger partial charge < -0.3 is 25.0 Å². The van der Waals surface area contributed by atoms with Gasteiger partial charge in [-0.05, 0) is 87.1 Å². The zero-order valence-corrected chi connectivity index (χ0v) is 27.8. The van der Waals surface area contributed by atoms with E-state index < -0.39 is 32.2 Å². The van der Waals surface area contributed by atoms with Gasteiger partial charge in [-0.25, -0.2) is 14.2 Å². The summed E-state index contributed by atoms with van der Waals surface area (Å²) in [4.78, 5) is 35.8. The van der Waals surface area contributed by atoms with Gasteiger partial charge in [-0.1, -0.05) is 39.2 Å². The molecule has 252 valence electrons. The number of carbonyl (C=O) groups excluding carboxylic acids is 1. The third-order valence-electron chi connectivity index (χ3n) is 10.1. The van der Waals surface area contributed by atoms with Gasteiger partial charge in [0.2, 0.25) is 0 Å². The van der Waals surface area contributed by atoms with E-state index in [1.165, 1.54) is 65.3 Å². The number of hydrogen-bond acceptors (Lipinski definition) is 5. The summed E-state index contributed by atoms with van der Waals surface area (Å²) in [6.45, 7) is 8.80. The van der Waals surface area contributed by atoms with Gasteiger partial charge in [0.25, 0.3) is 0 Å². The van der Waals surface area contributed by atoms with Gasteiger partial charge in [-0.2, -0.15) is 13.2 Å². The van der Waals surface area contributed by atoms with Crippen molar-refractivity contribution in [3.05, 3.63) is 87.6 Å². The predicted octanol–water partition coefficient (Wildman–Crippen LogP) is 4.63. The Labute approximate surface area is 277 Å². The number of benzene rings is 2. The van der Waals surface area contributed by atoms with Gasteiger partial charge in [0, 0.05) is 30.9 Å². The summed E-state index contributed by atoms with van der Waals surface area (Å²) in [7, 11) is -2.17. The molecule has 0 amide bonds.